The molecule has 0 saturated heterocycles. The van der Waals surface area contributed by atoms with E-state index in [0.29, 0.717) is 5.56 Å². The van der Waals surface area contributed by atoms with Crippen molar-refractivity contribution in [2.45, 2.75) is 0 Å². The Hall–Kier alpha value is -1.87. The van der Waals surface area contributed by atoms with Gasteiger partial charge in [0.05, 0.1) is 5.97 Å². The van der Waals surface area contributed by atoms with Crippen LogP contribution in [0.25, 0.3) is 22.3 Å². The molecule has 0 aliphatic carbocycles. The summed E-state index contributed by atoms with van der Waals surface area (Å²) in [6, 6.07) is 24.7. The van der Waals surface area contributed by atoms with Crippen LogP contribution >= 0.6 is 0 Å². The minimum Gasteiger partial charge on any atom is -0.545 e. The first kappa shape index (κ1) is 16.5. The molecule has 0 heterocycles. The molecule has 0 radical (unpaired) electrons. The van der Waals surface area contributed by atoms with Gasteiger partial charge in [-0.1, -0.05) is 78.9 Å². The molecule has 0 spiro atoms. The number of rotatable bonds is 3. The van der Waals surface area contributed by atoms with Crippen molar-refractivity contribution >= 4 is 5.97 Å². The van der Waals surface area contributed by atoms with Gasteiger partial charge in [-0.2, -0.15) is 0 Å². The van der Waals surface area contributed by atoms with Crippen molar-refractivity contribution in [2.75, 3.05) is 0 Å². The second-order valence-electron chi connectivity index (χ2n) is 4.74. The summed E-state index contributed by atoms with van der Waals surface area (Å²) >= 11 is 0. The Morgan fingerprint density at radius 3 is 1.77 bits per heavy atom. The smallest absolute Gasteiger partial charge is 0.545 e. The summed E-state index contributed by atoms with van der Waals surface area (Å²) in [5.74, 6) is -1.16. The molecule has 0 aliphatic heterocycles. The Bertz CT molecular complexity index is 782. The molecule has 0 N–H and O–H groups in total. The van der Waals surface area contributed by atoms with Crippen LogP contribution < -0.4 is 34.7 Å². The molecule has 2 nitrogen and oxygen atoms in total. The fourth-order valence-corrected chi connectivity index (χ4v) is 2.48. The van der Waals surface area contributed by atoms with Gasteiger partial charge in [-0.3, -0.25) is 0 Å². The van der Waals surface area contributed by atoms with Crippen molar-refractivity contribution < 1.29 is 39.5 Å². The van der Waals surface area contributed by atoms with Crippen LogP contribution in [-0.4, -0.2) is 5.97 Å². The molecule has 0 unspecified atom stereocenters. The van der Waals surface area contributed by atoms with E-state index >= 15 is 0 Å². The van der Waals surface area contributed by atoms with E-state index < -0.39 is 5.97 Å². The Morgan fingerprint density at radius 2 is 1.14 bits per heavy atom. The molecule has 0 bridgehead atoms. The summed E-state index contributed by atoms with van der Waals surface area (Å²) in [4.78, 5) is 11.3. The van der Waals surface area contributed by atoms with Crippen molar-refractivity contribution in [2.24, 2.45) is 0 Å². The van der Waals surface area contributed by atoms with Gasteiger partial charge in [0.2, 0.25) is 0 Å². The summed E-state index contributed by atoms with van der Waals surface area (Å²) in [6.45, 7) is 0. The van der Waals surface area contributed by atoms with E-state index in [4.69, 9.17) is 0 Å². The van der Waals surface area contributed by atoms with Gasteiger partial charge < -0.3 is 9.90 Å². The van der Waals surface area contributed by atoms with E-state index in [9.17, 15) is 9.90 Å². The predicted octanol–water partition coefficient (Wildman–Crippen LogP) is 0.388. The molecule has 3 aromatic rings. The molecule has 0 amide bonds. The maximum Gasteiger partial charge on any atom is 1.00 e. The molecule has 3 rings (SSSR count). The average Bonchev–Trinajstić information content (AvgIpc) is 2.55. The minimum absolute atomic E-state index is 0. The Labute approximate surface area is 151 Å². The number of carbonyl (C=O) groups is 1. The first-order valence-electron chi connectivity index (χ1n) is 6.72. The van der Waals surface area contributed by atoms with Crippen molar-refractivity contribution in [3.63, 3.8) is 0 Å². The third-order valence-corrected chi connectivity index (χ3v) is 3.45. The first-order chi connectivity index (χ1) is 10.3. The van der Waals surface area contributed by atoms with Crippen molar-refractivity contribution in [3.8, 4) is 22.3 Å². The molecule has 0 atom stereocenters. The second kappa shape index (κ2) is 7.41. The number of hydrogen-bond acceptors (Lipinski definition) is 2. The van der Waals surface area contributed by atoms with E-state index in [1.165, 1.54) is 0 Å². The molecule has 0 aliphatic rings. The monoisotopic (exact) mass is 296 g/mol. The molecular weight excluding hydrogens is 283 g/mol. The van der Waals surface area contributed by atoms with Crippen LogP contribution in [0, 0.1) is 0 Å². The molecule has 0 saturated carbocycles. The van der Waals surface area contributed by atoms with Gasteiger partial charge in [-0.15, -0.1) is 0 Å². The van der Waals surface area contributed by atoms with Gasteiger partial charge >= 0.3 is 29.6 Å². The fourth-order valence-electron chi connectivity index (χ4n) is 2.48. The zero-order valence-electron chi connectivity index (χ0n) is 12.3. The summed E-state index contributed by atoms with van der Waals surface area (Å²) in [5, 5.41) is 11.3. The normalized spacial score (nSPS) is 9.82. The van der Waals surface area contributed by atoms with Crippen LogP contribution in [0.15, 0.2) is 78.9 Å². The number of carboxylic acids is 1. The Kier molecular flexibility index (Phi) is 5.56. The van der Waals surface area contributed by atoms with Crippen molar-refractivity contribution in [1.82, 2.24) is 0 Å². The van der Waals surface area contributed by atoms with Gasteiger partial charge in [0.1, 0.15) is 0 Å². The predicted molar refractivity (Wildman–Crippen MR) is 81.6 cm³/mol. The van der Waals surface area contributed by atoms with E-state index in [2.05, 4.69) is 0 Å². The van der Waals surface area contributed by atoms with Crippen LogP contribution in [0.3, 0.4) is 0 Å². The maximum atomic E-state index is 11.3. The molecule has 0 aromatic heterocycles. The third kappa shape index (κ3) is 3.30. The van der Waals surface area contributed by atoms with Crippen LogP contribution in [0.2, 0.25) is 0 Å². The van der Waals surface area contributed by atoms with Crippen LogP contribution in [0.5, 0.6) is 0 Å². The van der Waals surface area contributed by atoms with Crippen molar-refractivity contribution in [1.29, 1.82) is 0 Å². The molecule has 3 aromatic carbocycles. The standard InChI is InChI=1S/C19H14O2.Na/c20-19(21)18-13-7-6-12-17(18)16-11-5-4-10-15(16)14-8-2-1-3-9-14;/h1-13H,(H,20,21);/q;+1/p-1. The van der Waals surface area contributed by atoms with Crippen LogP contribution in [0.1, 0.15) is 10.4 Å². The third-order valence-electron chi connectivity index (χ3n) is 3.45. The van der Waals surface area contributed by atoms with E-state index in [1.807, 2.05) is 66.7 Å². The SMILES string of the molecule is O=C([O-])c1ccccc1-c1ccccc1-c1ccccc1.[Na+]. The Balaban J connectivity index is 0.00000176. The second-order valence-corrected chi connectivity index (χ2v) is 4.74. The van der Waals surface area contributed by atoms with Gasteiger partial charge in [0.25, 0.3) is 0 Å². The zero-order chi connectivity index (χ0) is 14.7. The number of benzene rings is 3. The largest absolute Gasteiger partial charge is 1.00 e. The summed E-state index contributed by atoms with van der Waals surface area (Å²) in [6.07, 6.45) is 0. The molecule has 102 valence electrons. The van der Waals surface area contributed by atoms with Crippen LogP contribution in [0.4, 0.5) is 0 Å². The molecular formula is C19H13NaO2. The summed E-state index contributed by atoms with van der Waals surface area (Å²) in [5.41, 5.74) is 3.84. The maximum absolute atomic E-state index is 11.3. The molecule has 0 fully saturated rings. The van der Waals surface area contributed by atoms with Gasteiger partial charge in [0, 0.05) is 5.56 Å². The fraction of sp³-hybridized carbons (Fsp3) is 0. The van der Waals surface area contributed by atoms with Gasteiger partial charge in [0.15, 0.2) is 0 Å². The number of carboxylic acid groups (broad SMARTS) is 1. The number of carbonyl (C=O) groups excluding carboxylic acids is 1. The average molecular weight is 296 g/mol. The number of hydrogen-bond donors (Lipinski definition) is 0. The van der Waals surface area contributed by atoms with E-state index in [1.54, 1.807) is 12.1 Å². The van der Waals surface area contributed by atoms with E-state index in [0.717, 1.165) is 16.7 Å². The van der Waals surface area contributed by atoms with Crippen LogP contribution in [-0.2, 0) is 0 Å². The molecule has 22 heavy (non-hydrogen) atoms. The van der Waals surface area contributed by atoms with Gasteiger partial charge in [-0.25, -0.2) is 0 Å². The summed E-state index contributed by atoms with van der Waals surface area (Å²) < 4.78 is 0. The Morgan fingerprint density at radius 1 is 0.636 bits per heavy atom. The van der Waals surface area contributed by atoms with Crippen molar-refractivity contribution in [3.05, 3.63) is 84.4 Å². The molecule has 3 heteroatoms. The number of aromatic carboxylic acids is 1. The zero-order valence-corrected chi connectivity index (χ0v) is 14.3. The quantitative estimate of drug-likeness (QED) is 0.656. The minimum atomic E-state index is -1.16. The van der Waals surface area contributed by atoms with Gasteiger partial charge in [-0.05, 0) is 22.3 Å². The topological polar surface area (TPSA) is 40.1 Å². The van der Waals surface area contributed by atoms with E-state index in [-0.39, 0.29) is 35.1 Å². The first-order valence-corrected chi connectivity index (χ1v) is 6.72. The summed E-state index contributed by atoms with van der Waals surface area (Å²) in [7, 11) is 0.